The van der Waals surface area contributed by atoms with Gasteiger partial charge in [-0.2, -0.15) is 0 Å². The predicted octanol–water partition coefficient (Wildman–Crippen LogP) is 0.346. The van der Waals surface area contributed by atoms with Crippen LogP contribution in [0.5, 0.6) is 0 Å². The Kier molecular flexibility index (Phi) is 23.0. The van der Waals surface area contributed by atoms with E-state index in [1.54, 1.807) is 66.9 Å². The minimum atomic E-state index is -1.36. The molecule has 1 aliphatic rings. The van der Waals surface area contributed by atoms with Crippen LogP contribution in [0.25, 0.3) is 10.9 Å². The second-order valence-corrected chi connectivity index (χ2v) is 21.9. The van der Waals surface area contributed by atoms with E-state index in [9.17, 15) is 47.9 Å². The fourth-order valence-electron chi connectivity index (χ4n) is 9.86. The molecular formula is C59H78N14O10. The molecule has 2 aromatic heterocycles. The quantitative estimate of drug-likeness (QED) is 0.0286. The summed E-state index contributed by atoms with van der Waals surface area (Å²) in [5.74, 6) is -7.27. The van der Waals surface area contributed by atoms with E-state index in [1.165, 1.54) is 24.3 Å². The highest BCUT2D eigenvalue weighted by Gasteiger charge is 2.42. The molecule has 15 N–H and O–H groups in total. The van der Waals surface area contributed by atoms with Crippen molar-refractivity contribution in [3.63, 3.8) is 0 Å². The Morgan fingerprint density at radius 3 is 1.77 bits per heavy atom. The maximum absolute atomic E-state index is 14.7. The van der Waals surface area contributed by atoms with Gasteiger partial charge in [0.1, 0.15) is 48.3 Å². The van der Waals surface area contributed by atoms with Crippen molar-refractivity contribution in [1.82, 2.24) is 57.1 Å². The minimum absolute atomic E-state index is 0.00374. The first-order valence-electron chi connectivity index (χ1n) is 27.9. The van der Waals surface area contributed by atoms with Crippen LogP contribution in [-0.2, 0) is 73.6 Å². The monoisotopic (exact) mass is 1140 g/mol. The molecule has 24 nitrogen and oxygen atoms in total. The second-order valence-electron chi connectivity index (χ2n) is 21.9. The zero-order valence-electron chi connectivity index (χ0n) is 47.4. The van der Waals surface area contributed by atoms with E-state index in [2.05, 4.69) is 52.2 Å². The number of primary amides is 2. The van der Waals surface area contributed by atoms with Gasteiger partial charge in [-0.3, -0.25) is 47.9 Å². The largest absolute Gasteiger partial charge is 0.370 e. The number of aromatic nitrogens is 3. The molecule has 0 bridgehead atoms. The molecule has 5 aromatic rings. The highest BCUT2D eigenvalue weighted by molar-refractivity contribution is 5.99. The lowest BCUT2D eigenvalue weighted by Crippen LogP contribution is -2.60. The van der Waals surface area contributed by atoms with Crippen molar-refractivity contribution < 1.29 is 47.9 Å². The Morgan fingerprint density at radius 2 is 1.14 bits per heavy atom. The summed E-state index contributed by atoms with van der Waals surface area (Å²) in [5, 5.41) is 19.8. The molecule has 3 heterocycles. The number of carbonyl (C=O) groups is 10. The van der Waals surface area contributed by atoms with Crippen molar-refractivity contribution in [3.8, 4) is 0 Å². The van der Waals surface area contributed by atoms with Gasteiger partial charge in [-0.1, -0.05) is 107 Å². The average Bonchev–Trinajstić information content (AvgIpc) is 4.29. The molecule has 6 rings (SSSR count). The number of hydrogen-bond acceptors (Lipinski definition) is 12. The molecule has 83 heavy (non-hydrogen) atoms. The standard InChI is InChI=1S/C59H78N14O10/c1-33(2)24-45(51(62)75)69-56(80)46(25-34(3)4)70-57(81)48(29-39-31-63-32-65-39)72-58(82)49(27-37-16-10-7-11-17-37)73-23-22-44(59(73)83)68-52(76)35(5)66-55(79)47(28-38-30-64-42-19-13-12-18-40(38)42)71-54(78)43(20-21-50(61)74)67-53(77)41(60)26-36-14-8-6-9-15-36/h6-19,30-35,41,43-49,64H,20-29,60H2,1-5H3,(H2,61,74)(H2,62,75)(H,63,65)(H,66,79)(H,67,77)(H,68,76)(H,69,80)(H,70,81)(H,71,78)(H,72,82)/t35-,41+,43-,44+,45-,46-,47-,48-,49-/m0/s1. The molecule has 10 amide bonds. The first-order valence-corrected chi connectivity index (χ1v) is 27.9. The van der Waals surface area contributed by atoms with E-state index in [1.807, 2.05) is 52.0 Å². The number of likely N-dealkylation sites (tertiary alicyclic amines) is 1. The molecule has 24 heteroatoms. The molecule has 0 radical (unpaired) electrons. The number of hydrogen-bond donors (Lipinski definition) is 12. The summed E-state index contributed by atoms with van der Waals surface area (Å²) >= 11 is 0. The number of nitrogens with zero attached hydrogens (tertiary/aromatic N) is 2. The Morgan fingerprint density at radius 1 is 0.602 bits per heavy atom. The summed E-state index contributed by atoms with van der Waals surface area (Å²) in [6.07, 6.45) is 4.54. The molecule has 0 spiro atoms. The lowest BCUT2D eigenvalue weighted by molar-refractivity contribution is -0.141. The first kappa shape index (κ1) is 63.3. The van der Waals surface area contributed by atoms with Crippen LogP contribution in [0.1, 0.15) is 89.1 Å². The van der Waals surface area contributed by atoms with Crippen LogP contribution in [0, 0.1) is 11.8 Å². The summed E-state index contributed by atoms with van der Waals surface area (Å²) in [5.41, 5.74) is 20.7. The van der Waals surface area contributed by atoms with Gasteiger partial charge in [-0.25, -0.2) is 4.98 Å². The van der Waals surface area contributed by atoms with E-state index in [0.29, 0.717) is 16.8 Å². The smallest absolute Gasteiger partial charge is 0.245 e. The van der Waals surface area contributed by atoms with Gasteiger partial charge in [0, 0.05) is 61.2 Å². The maximum Gasteiger partial charge on any atom is 0.245 e. The van der Waals surface area contributed by atoms with E-state index in [-0.39, 0.29) is 76.2 Å². The van der Waals surface area contributed by atoms with Crippen LogP contribution in [-0.4, -0.2) is 140 Å². The number of carbonyl (C=O) groups excluding carboxylic acids is 10. The number of nitrogens with one attached hydrogen (secondary N) is 9. The SMILES string of the molecule is CC(C)C[C@H](NC(=O)[C@H](CC(C)C)NC(=O)[C@H](Cc1cnc[nH]1)NC(=O)[C@H](Cc1ccccc1)N1CC[C@@H](NC(=O)[C@H](C)NC(=O)[C@H](Cc2c[nH]c3ccccc23)NC(=O)[C@H](CCC(N)=O)NC(=O)[C@H](N)Cc2ccccc2)C1=O)C(N)=O. The van der Waals surface area contributed by atoms with E-state index in [4.69, 9.17) is 17.2 Å². The first-order chi connectivity index (χ1) is 39.6. The van der Waals surface area contributed by atoms with Crippen molar-refractivity contribution in [3.05, 3.63) is 126 Å². The second kappa shape index (κ2) is 30.2. The van der Waals surface area contributed by atoms with Gasteiger partial charge in [0.25, 0.3) is 0 Å². The van der Waals surface area contributed by atoms with Gasteiger partial charge in [-0.15, -0.1) is 0 Å². The third kappa shape index (κ3) is 18.8. The Labute approximate surface area is 481 Å². The van der Waals surface area contributed by atoms with Crippen LogP contribution in [0.15, 0.2) is 104 Å². The van der Waals surface area contributed by atoms with Crippen LogP contribution in [0.3, 0.4) is 0 Å². The van der Waals surface area contributed by atoms with Crippen molar-refractivity contribution in [2.45, 2.75) is 147 Å². The molecule has 0 aliphatic carbocycles. The molecule has 1 saturated heterocycles. The summed E-state index contributed by atoms with van der Waals surface area (Å²) < 4.78 is 0. The van der Waals surface area contributed by atoms with Crippen LogP contribution >= 0.6 is 0 Å². The van der Waals surface area contributed by atoms with Crippen molar-refractivity contribution in [2.24, 2.45) is 29.0 Å². The summed E-state index contributed by atoms with van der Waals surface area (Å²) in [6, 6.07) is 14.3. The highest BCUT2D eigenvalue weighted by Crippen LogP contribution is 2.22. The van der Waals surface area contributed by atoms with E-state index in [0.717, 1.165) is 16.5 Å². The van der Waals surface area contributed by atoms with Crippen LogP contribution in [0.2, 0.25) is 0 Å². The number of aromatic amines is 2. The Hall–Kier alpha value is -8.93. The maximum atomic E-state index is 14.7. The molecule has 444 valence electrons. The number of H-pyrrole nitrogens is 2. The number of nitrogens with two attached hydrogens (primary N) is 3. The van der Waals surface area contributed by atoms with Gasteiger partial charge in [-0.05, 0) is 73.6 Å². The normalized spacial score (nSPS) is 16.1. The van der Waals surface area contributed by atoms with Crippen molar-refractivity contribution in [1.29, 1.82) is 0 Å². The highest BCUT2D eigenvalue weighted by atomic mass is 16.2. The Bertz CT molecular complexity index is 3040. The topological polar surface area (TPSA) is 381 Å². The summed E-state index contributed by atoms with van der Waals surface area (Å²) in [4.78, 5) is 149. The molecular weight excluding hydrogens is 1060 g/mol. The molecule has 1 fully saturated rings. The number of para-hydroxylation sites is 1. The number of rotatable bonds is 31. The molecule has 0 saturated carbocycles. The lowest BCUT2D eigenvalue weighted by atomic mass is 9.99. The number of amides is 10. The van der Waals surface area contributed by atoms with E-state index >= 15 is 0 Å². The number of benzene rings is 3. The van der Waals surface area contributed by atoms with Gasteiger partial charge < -0.3 is 69.3 Å². The zero-order chi connectivity index (χ0) is 60.3. The summed E-state index contributed by atoms with van der Waals surface area (Å²) in [6.45, 7) is 8.87. The third-order valence-corrected chi connectivity index (χ3v) is 14.3. The van der Waals surface area contributed by atoms with Gasteiger partial charge >= 0.3 is 0 Å². The molecule has 1 aliphatic heterocycles. The van der Waals surface area contributed by atoms with Crippen molar-refractivity contribution in [2.75, 3.05) is 6.54 Å². The fourth-order valence-corrected chi connectivity index (χ4v) is 9.86. The van der Waals surface area contributed by atoms with E-state index < -0.39 is 113 Å². The number of imidazole rings is 1. The minimum Gasteiger partial charge on any atom is -0.370 e. The molecule has 0 unspecified atom stereocenters. The predicted molar refractivity (Wildman–Crippen MR) is 308 cm³/mol. The summed E-state index contributed by atoms with van der Waals surface area (Å²) in [7, 11) is 0. The van der Waals surface area contributed by atoms with Gasteiger partial charge in [0.05, 0.1) is 12.4 Å². The lowest BCUT2D eigenvalue weighted by Gasteiger charge is -2.30. The van der Waals surface area contributed by atoms with Gasteiger partial charge in [0.2, 0.25) is 59.1 Å². The molecule has 9 atom stereocenters. The van der Waals surface area contributed by atoms with Crippen molar-refractivity contribution >= 4 is 70.0 Å². The average molecular weight is 1140 g/mol. The Balaban J connectivity index is 1.17. The molecule has 3 aromatic carbocycles. The van der Waals surface area contributed by atoms with Crippen LogP contribution < -0.4 is 54.4 Å². The third-order valence-electron chi connectivity index (χ3n) is 14.3. The number of fused-ring (bicyclic) bond motifs is 1. The fraction of sp³-hybridized carbons (Fsp3) is 0.441. The van der Waals surface area contributed by atoms with Crippen LogP contribution in [0.4, 0.5) is 0 Å². The van der Waals surface area contributed by atoms with Gasteiger partial charge in [0.15, 0.2) is 0 Å². The zero-order valence-corrected chi connectivity index (χ0v) is 47.4.